The average Bonchev–Trinajstić information content (AvgIpc) is 3.42. The van der Waals surface area contributed by atoms with Gasteiger partial charge in [0.1, 0.15) is 11.5 Å². The van der Waals surface area contributed by atoms with E-state index in [1.165, 1.54) is 14.0 Å². The molecule has 0 saturated heterocycles. The van der Waals surface area contributed by atoms with Crippen molar-refractivity contribution in [3.63, 3.8) is 0 Å². The van der Waals surface area contributed by atoms with Crippen LogP contribution in [0, 0.1) is 32.4 Å². The molecule has 11 heteroatoms. The van der Waals surface area contributed by atoms with Crippen LogP contribution < -0.4 is 20.1 Å². The molecule has 2 aromatic heterocycles. The van der Waals surface area contributed by atoms with Crippen molar-refractivity contribution in [2.24, 2.45) is 0 Å². The number of halogens is 2. The van der Waals surface area contributed by atoms with Gasteiger partial charge in [-0.15, -0.1) is 5.10 Å². The summed E-state index contributed by atoms with van der Waals surface area (Å²) >= 11 is 0. The number of nitrogens with zero attached hydrogens (tertiary/aromatic N) is 3. The van der Waals surface area contributed by atoms with Crippen molar-refractivity contribution in [1.29, 1.82) is 0 Å². The van der Waals surface area contributed by atoms with Gasteiger partial charge in [0, 0.05) is 18.3 Å². The maximum absolute atomic E-state index is 14.0. The quantitative estimate of drug-likeness (QED) is 0.173. The third-order valence-electron chi connectivity index (χ3n) is 7.90. The molecular formula is C34H35F2N5O4. The number of aliphatic hydroxyl groups is 1. The molecule has 0 spiro atoms. The van der Waals surface area contributed by atoms with E-state index in [9.17, 15) is 18.7 Å². The smallest absolute Gasteiger partial charge is 0.255 e. The second kappa shape index (κ2) is 12.2. The third kappa shape index (κ3) is 6.30. The number of aromatic nitrogens is 3. The highest BCUT2D eigenvalue weighted by Crippen LogP contribution is 2.35. The van der Waals surface area contributed by atoms with Gasteiger partial charge in [0.05, 0.1) is 31.1 Å². The van der Waals surface area contributed by atoms with Crippen LogP contribution in [0.5, 0.6) is 11.5 Å². The summed E-state index contributed by atoms with van der Waals surface area (Å²) in [6.07, 6.45) is 1.82. The minimum atomic E-state index is -1.03. The Bertz CT molecular complexity index is 1930. The highest BCUT2D eigenvalue weighted by atomic mass is 19.2. The van der Waals surface area contributed by atoms with Crippen molar-refractivity contribution in [2.75, 3.05) is 19.5 Å². The van der Waals surface area contributed by atoms with Crippen LogP contribution in [0.25, 0.3) is 16.8 Å². The molecule has 0 aliphatic heterocycles. The fourth-order valence-corrected chi connectivity index (χ4v) is 5.07. The number of nitrogens with one attached hydrogen (secondary N) is 2. The average molecular weight is 616 g/mol. The predicted molar refractivity (Wildman–Crippen MR) is 168 cm³/mol. The number of carbonyl (C=O) groups excluding carboxylic acids is 1. The molecule has 234 valence electrons. The molecule has 0 radical (unpaired) electrons. The van der Waals surface area contributed by atoms with Gasteiger partial charge in [-0.3, -0.25) is 4.79 Å². The van der Waals surface area contributed by atoms with E-state index in [0.29, 0.717) is 45.5 Å². The molecule has 5 aromatic rings. The molecule has 0 bridgehead atoms. The zero-order chi connectivity index (χ0) is 32.6. The standard InChI is InChI=1S/C34H35F2N5O4/c1-18-12-24(34(4,5)43)15-28(45-7)31(18)39-33-38-29-11-9-22(17-41(29)40-33)21-8-10-25(27(14-21)44-6)32(42)37-16-23-13-26(35)30(36)20(3)19(23)2/h8-15,17,43H,16H2,1-7H3,(H,37,42)(H,39,40). The lowest BCUT2D eigenvalue weighted by molar-refractivity contribution is 0.0782. The van der Waals surface area contributed by atoms with Crippen molar-refractivity contribution >= 4 is 23.2 Å². The van der Waals surface area contributed by atoms with E-state index >= 15 is 0 Å². The van der Waals surface area contributed by atoms with Crippen molar-refractivity contribution in [3.05, 3.63) is 99.7 Å². The number of hydrogen-bond acceptors (Lipinski definition) is 7. The monoisotopic (exact) mass is 615 g/mol. The zero-order valence-corrected chi connectivity index (χ0v) is 26.2. The fourth-order valence-electron chi connectivity index (χ4n) is 5.07. The molecule has 3 N–H and O–H groups in total. The lowest BCUT2D eigenvalue weighted by Gasteiger charge is -2.21. The van der Waals surface area contributed by atoms with E-state index in [4.69, 9.17) is 9.47 Å². The topological polar surface area (TPSA) is 110 Å². The molecule has 0 saturated carbocycles. The van der Waals surface area contributed by atoms with Crippen LogP contribution in [-0.4, -0.2) is 39.8 Å². The number of hydrogen-bond donors (Lipinski definition) is 3. The first-order chi connectivity index (χ1) is 21.3. The number of methoxy groups -OCH3 is 2. The van der Waals surface area contributed by atoms with Crippen molar-refractivity contribution < 1.29 is 28.2 Å². The van der Waals surface area contributed by atoms with Gasteiger partial charge in [0.2, 0.25) is 5.95 Å². The molecule has 0 fully saturated rings. The largest absolute Gasteiger partial charge is 0.496 e. The minimum absolute atomic E-state index is 0.0297. The Labute approximate surface area is 259 Å². The number of ether oxygens (including phenoxy) is 2. The normalized spacial score (nSPS) is 11.5. The van der Waals surface area contributed by atoms with Gasteiger partial charge < -0.3 is 25.2 Å². The highest BCUT2D eigenvalue weighted by molar-refractivity contribution is 5.97. The minimum Gasteiger partial charge on any atom is -0.496 e. The van der Waals surface area contributed by atoms with Crippen molar-refractivity contribution in [2.45, 2.75) is 46.8 Å². The Kier molecular flexibility index (Phi) is 8.48. The number of benzene rings is 3. The lowest BCUT2D eigenvalue weighted by atomic mass is 9.95. The maximum Gasteiger partial charge on any atom is 0.255 e. The number of carbonyl (C=O) groups is 1. The first kappa shape index (κ1) is 31.4. The molecule has 3 aromatic carbocycles. The summed E-state index contributed by atoms with van der Waals surface area (Å²) in [5, 5.41) is 21.1. The van der Waals surface area contributed by atoms with Gasteiger partial charge in [-0.2, -0.15) is 4.98 Å². The van der Waals surface area contributed by atoms with E-state index in [-0.39, 0.29) is 12.1 Å². The van der Waals surface area contributed by atoms with Crippen LogP contribution in [-0.2, 0) is 12.1 Å². The summed E-state index contributed by atoms with van der Waals surface area (Å²) in [6.45, 7) is 8.57. The van der Waals surface area contributed by atoms with Gasteiger partial charge in [0.25, 0.3) is 5.91 Å². The molecule has 0 atom stereocenters. The van der Waals surface area contributed by atoms with Crippen LogP contribution in [0.4, 0.5) is 20.4 Å². The molecule has 0 unspecified atom stereocenters. The number of pyridine rings is 1. The van der Waals surface area contributed by atoms with Crippen molar-refractivity contribution in [3.8, 4) is 22.6 Å². The van der Waals surface area contributed by atoms with Gasteiger partial charge in [-0.1, -0.05) is 12.1 Å². The Balaban J connectivity index is 1.37. The van der Waals surface area contributed by atoms with Crippen LogP contribution in [0.15, 0.2) is 54.7 Å². The van der Waals surface area contributed by atoms with Crippen LogP contribution >= 0.6 is 0 Å². The first-order valence-corrected chi connectivity index (χ1v) is 14.3. The highest BCUT2D eigenvalue weighted by Gasteiger charge is 2.21. The second-order valence-corrected chi connectivity index (χ2v) is 11.4. The molecule has 0 aliphatic carbocycles. The molecule has 5 rings (SSSR count). The van der Waals surface area contributed by atoms with Gasteiger partial charge >= 0.3 is 0 Å². The Morgan fingerprint density at radius 3 is 2.36 bits per heavy atom. The summed E-state index contributed by atoms with van der Waals surface area (Å²) in [5.41, 5.74) is 5.02. The fraction of sp³-hybridized carbons (Fsp3) is 0.265. The number of aryl methyl sites for hydroxylation is 1. The lowest BCUT2D eigenvalue weighted by Crippen LogP contribution is -2.24. The number of amides is 1. The van der Waals surface area contributed by atoms with Gasteiger partial charge in [-0.05, 0) is 104 Å². The third-order valence-corrected chi connectivity index (χ3v) is 7.90. The molecule has 9 nitrogen and oxygen atoms in total. The van der Waals surface area contributed by atoms with Crippen LogP contribution in [0.2, 0.25) is 0 Å². The van der Waals surface area contributed by atoms with E-state index in [2.05, 4.69) is 20.7 Å². The summed E-state index contributed by atoms with van der Waals surface area (Å²) in [6, 6.07) is 13.7. The van der Waals surface area contributed by atoms with Gasteiger partial charge in [-0.25, -0.2) is 13.3 Å². The molecule has 1 amide bonds. The maximum atomic E-state index is 14.0. The summed E-state index contributed by atoms with van der Waals surface area (Å²) in [5.74, 6) is -0.986. The van der Waals surface area contributed by atoms with Crippen LogP contribution in [0.3, 0.4) is 0 Å². The van der Waals surface area contributed by atoms with Crippen molar-refractivity contribution in [1.82, 2.24) is 19.9 Å². The Hall–Kier alpha value is -5.03. The van der Waals surface area contributed by atoms with Gasteiger partial charge in [0.15, 0.2) is 17.3 Å². The molecule has 0 aliphatic rings. The predicted octanol–water partition coefficient (Wildman–Crippen LogP) is 6.52. The summed E-state index contributed by atoms with van der Waals surface area (Å²) < 4.78 is 40.6. The first-order valence-electron chi connectivity index (χ1n) is 14.3. The number of anilines is 2. The van der Waals surface area contributed by atoms with E-state index in [0.717, 1.165) is 28.3 Å². The van der Waals surface area contributed by atoms with E-state index in [1.807, 2.05) is 31.3 Å². The molecular weight excluding hydrogens is 580 g/mol. The summed E-state index contributed by atoms with van der Waals surface area (Å²) in [4.78, 5) is 17.6. The molecule has 45 heavy (non-hydrogen) atoms. The Morgan fingerprint density at radius 2 is 1.67 bits per heavy atom. The number of fused-ring (bicyclic) bond motifs is 1. The number of rotatable bonds is 9. The van der Waals surface area contributed by atoms with E-state index in [1.54, 1.807) is 56.7 Å². The second-order valence-electron chi connectivity index (χ2n) is 11.4. The van der Waals surface area contributed by atoms with E-state index < -0.39 is 23.1 Å². The Morgan fingerprint density at radius 1 is 0.956 bits per heavy atom. The van der Waals surface area contributed by atoms with Crippen LogP contribution in [0.1, 0.15) is 52.0 Å². The summed E-state index contributed by atoms with van der Waals surface area (Å²) in [7, 11) is 3.04. The SMILES string of the molecule is COc1cc(-c2ccc3nc(Nc4c(C)cc(C(C)(C)O)cc4OC)nn3c2)ccc1C(=O)NCc1cc(F)c(F)c(C)c1C. The zero-order valence-electron chi connectivity index (χ0n) is 26.2. The molecule has 2 heterocycles.